The molecule has 1 fully saturated rings. The number of hydrogen-bond acceptors (Lipinski definition) is 3. The standard InChI is InChI=1S/C10H16N2O/c1-7-5-10(12-13-7)6-11-8(2)9-3-4-9/h5,8-9,11H,3-4,6H2,1-2H3. The zero-order chi connectivity index (χ0) is 9.26. The van der Waals surface area contributed by atoms with E-state index in [2.05, 4.69) is 17.4 Å². The number of aromatic nitrogens is 1. The second-order valence-corrected chi connectivity index (χ2v) is 3.94. The van der Waals surface area contributed by atoms with Gasteiger partial charge in [-0.25, -0.2) is 0 Å². The Balaban J connectivity index is 1.78. The van der Waals surface area contributed by atoms with Gasteiger partial charge in [0.1, 0.15) is 5.76 Å². The lowest BCUT2D eigenvalue weighted by atomic mass is 10.2. The molecule has 1 aliphatic carbocycles. The van der Waals surface area contributed by atoms with Gasteiger partial charge in [-0.05, 0) is 32.6 Å². The summed E-state index contributed by atoms with van der Waals surface area (Å²) in [5, 5.41) is 7.38. The Hall–Kier alpha value is -0.830. The zero-order valence-electron chi connectivity index (χ0n) is 8.21. The van der Waals surface area contributed by atoms with Crippen LogP contribution >= 0.6 is 0 Å². The van der Waals surface area contributed by atoms with Crippen molar-refractivity contribution < 1.29 is 4.52 Å². The molecule has 1 N–H and O–H groups in total. The molecule has 0 aliphatic heterocycles. The average molecular weight is 180 g/mol. The molecule has 1 atom stereocenters. The fourth-order valence-electron chi connectivity index (χ4n) is 1.53. The van der Waals surface area contributed by atoms with Crippen LogP contribution in [-0.4, -0.2) is 11.2 Å². The molecule has 1 aliphatic rings. The molecule has 0 aromatic carbocycles. The Bertz CT molecular complexity index is 278. The fourth-order valence-corrected chi connectivity index (χ4v) is 1.53. The minimum Gasteiger partial charge on any atom is -0.361 e. The van der Waals surface area contributed by atoms with Crippen molar-refractivity contribution >= 4 is 0 Å². The molecule has 13 heavy (non-hydrogen) atoms. The topological polar surface area (TPSA) is 38.1 Å². The highest BCUT2D eigenvalue weighted by atomic mass is 16.5. The minimum absolute atomic E-state index is 0.622. The lowest BCUT2D eigenvalue weighted by molar-refractivity contribution is 0.384. The maximum atomic E-state index is 4.98. The smallest absolute Gasteiger partial charge is 0.133 e. The maximum Gasteiger partial charge on any atom is 0.133 e. The molecule has 1 aromatic heterocycles. The van der Waals surface area contributed by atoms with E-state index in [9.17, 15) is 0 Å². The highest BCUT2D eigenvalue weighted by Crippen LogP contribution is 2.32. The van der Waals surface area contributed by atoms with E-state index in [-0.39, 0.29) is 0 Å². The molecule has 2 rings (SSSR count). The summed E-state index contributed by atoms with van der Waals surface area (Å²) in [4.78, 5) is 0. The fraction of sp³-hybridized carbons (Fsp3) is 0.700. The van der Waals surface area contributed by atoms with Crippen LogP contribution in [0.1, 0.15) is 31.2 Å². The van der Waals surface area contributed by atoms with Gasteiger partial charge in [-0.3, -0.25) is 0 Å². The molecule has 0 radical (unpaired) electrons. The Morgan fingerprint density at radius 2 is 2.46 bits per heavy atom. The van der Waals surface area contributed by atoms with Gasteiger partial charge in [0.2, 0.25) is 0 Å². The molecule has 3 nitrogen and oxygen atoms in total. The number of nitrogens with zero attached hydrogens (tertiary/aromatic N) is 1. The first kappa shape index (κ1) is 8.75. The quantitative estimate of drug-likeness (QED) is 0.768. The normalized spacial score (nSPS) is 18.9. The van der Waals surface area contributed by atoms with Crippen LogP contribution in [0, 0.1) is 12.8 Å². The van der Waals surface area contributed by atoms with Crippen molar-refractivity contribution in [2.24, 2.45) is 5.92 Å². The van der Waals surface area contributed by atoms with Crippen molar-refractivity contribution in [3.05, 3.63) is 17.5 Å². The first-order valence-electron chi connectivity index (χ1n) is 4.91. The Morgan fingerprint density at radius 1 is 1.69 bits per heavy atom. The monoisotopic (exact) mass is 180 g/mol. The molecule has 72 valence electrons. The third-order valence-corrected chi connectivity index (χ3v) is 2.61. The minimum atomic E-state index is 0.622. The highest BCUT2D eigenvalue weighted by molar-refractivity contribution is 5.03. The molecule has 0 saturated heterocycles. The molecule has 3 heteroatoms. The molecule has 0 spiro atoms. The number of hydrogen-bond donors (Lipinski definition) is 1. The first-order chi connectivity index (χ1) is 6.25. The van der Waals surface area contributed by atoms with E-state index in [1.54, 1.807) is 0 Å². The summed E-state index contributed by atoms with van der Waals surface area (Å²) in [6.07, 6.45) is 2.76. The lowest BCUT2D eigenvalue weighted by Crippen LogP contribution is -2.27. The summed E-state index contributed by atoms with van der Waals surface area (Å²) in [5.74, 6) is 1.78. The van der Waals surface area contributed by atoms with Gasteiger partial charge < -0.3 is 9.84 Å². The van der Waals surface area contributed by atoms with Crippen LogP contribution in [-0.2, 0) is 6.54 Å². The SMILES string of the molecule is Cc1cc(CNC(C)C2CC2)no1. The molecule has 1 unspecified atom stereocenters. The lowest BCUT2D eigenvalue weighted by Gasteiger charge is -2.10. The molecule has 1 saturated carbocycles. The maximum absolute atomic E-state index is 4.98. The Morgan fingerprint density at radius 3 is 3.00 bits per heavy atom. The van der Waals surface area contributed by atoms with Crippen LogP contribution < -0.4 is 5.32 Å². The summed E-state index contributed by atoms with van der Waals surface area (Å²) >= 11 is 0. The zero-order valence-corrected chi connectivity index (χ0v) is 8.21. The van der Waals surface area contributed by atoms with Gasteiger partial charge in [0.15, 0.2) is 0 Å². The molecule has 1 aromatic rings. The van der Waals surface area contributed by atoms with E-state index in [1.807, 2.05) is 13.0 Å². The van der Waals surface area contributed by atoms with Gasteiger partial charge in [-0.15, -0.1) is 0 Å². The van der Waals surface area contributed by atoms with Gasteiger partial charge in [-0.2, -0.15) is 0 Å². The van der Waals surface area contributed by atoms with E-state index in [0.29, 0.717) is 6.04 Å². The van der Waals surface area contributed by atoms with Gasteiger partial charge in [0.25, 0.3) is 0 Å². The van der Waals surface area contributed by atoms with Gasteiger partial charge >= 0.3 is 0 Å². The molecule has 0 bridgehead atoms. The highest BCUT2D eigenvalue weighted by Gasteiger charge is 2.27. The summed E-state index contributed by atoms with van der Waals surface area (Å²) in [5.41, 5.74) is 1.00. The van der Waals surface area contributed by atoms with E-state index in [1.165, 1.54) is 12.8 Å². The second kappa shape index (κ2) is 3.50. The predicted octanol–water partition coefficient (Wildman–Crippen LogP) is 1.87. The van der Waals surface area contributed by atoms with Crippen LogP contribution in [0.15, 0.2) is 10.6 Å². The molecule has 1 heterocycles. The van der Waals surface area contributed by atoms with Crippen LogP contribution in [0.5, 0.6) is 0 Å². The van der Waals surface area contributed by atoms with E-state index in [0.717, 1.165) is 23.9 Å². The van der Waals surface area contributed by atoms with Crippen LogP contribution in [0.25, 0.3) is 0 Å². The van der Waals surface area contributed by atoms with Gasteiger partial charge in [0, 0.05) is 18.7 Å². The summed E-state index contributed by atoms with van der Waals surface area (Å²) in [7, 11) is 0. The van der Waals surface area contributed by atoms with E-state index in [4.69, 9.17) is 4.52 Å². The van der Waals surface area contributed by atoms with Crippen LogP contribution in [0.2, 0.25) is 0 Å². The van der Waals surface area contributed by atoms with Crippen LogP contribution in [0.4, 0.5) is 0 Å². The summed E-state index contributed by atoms with van der Waals surface area (Å²) in [6, 6.07) is 2.60. The van der Waals surface area contributed by atoms with Crippen molar-refractivity contribution in [1.29, 1.82) is 0 Å². The van der Waals surface area contributed by atoms with Gasteiger partial charge in [-0.1, -0.05) is 5.16 Å². The number of aryl methyl sites for hydroxylation is 1. The third-order valence-electron chi connectivity index (χ3n) is 2.61. The van der Waals surface area contributed by atoms with Crippen LogP contribution in [0.3, 0.4) is 0 Å². The first-order valence-corrected chi connectivity index (χ1v) is 4.91. The average Bonchev–Trinajstić information content (AvgIpc) is 2.87. The molecule has 0 amide bonds. The van der Waals surface area contributed by atoms with Crippen molar-refractivity contribution in [2.75, 3.05) is 0 Å². The number of rotatable bonds is 4. The predicted molar refractivity (Wildman–Crippen MR) is 50.3 cm³/mol. The largest absolute Gasteiger partial charge is 0.361 e. The number of nitrogens with one attached hydrogen (secondary N) is 1. The third kappa shape index (κ3) is 2.31. The second-order valence-electron chi connectivity index (χ2n) is 3.94. The van der Waals surface area contributed by atoms with Crippen molar-refractivity contribution in [1.82, 2.24) is 10.5 Å². The van der Waals surface area contributed by atoms with Crippen molar-refractivity contribution in [3.8, 4) is 0 Å². The van der Waals surface area contributed by atoms with Gasteiger partial charge in [0.05, 0.1) is 5.69 Å². The van der Waals surface area contributed by atoms with Crippen molar-refractivity contribution in [2.45, 2.75) is 39.3 Å². The Kier molecular flexibility index (Phi) is 2.36. The van der Waals surface area contributed by atoms with E-state index >= 15 is 0 Å². The van der Waals surface area contributed by atoms with Crippen molar-refractivity contribution in [3.63, 3.8) is 0 Å². The summed E-state index contributed by atoms with van der Waals surface area (Å²) in [6.45, 7) is 4.99. The molecular formula is C10H16N2O. The molecular weight excluding hydrogens is 164 g/mol. The van der Waals surface area contributed by atoms with E-state index < -0.39 is 0 Å². The Labute approximate surface area is 78.5 Å². The summed E-state index contributed by atoms with van der Waals surface area (Å²) < 4.78 is 4.98.